The van der Waals surface area contributed by atoms with Crippen LogP contribution in [0.2, 0.25) is 0 Å². The number of amides is 2. The molecule has 3 rings (SSSR count). The fourth-order valence-corrected chi connectivity index (χ4v) is 3.63. The highest BCUT2D eigenvalue weighted by Gasteiger charge is 2.36. The number of ether oxygens (including phenoxy) is 2. The van der Waals surface area contributed by atoms with Crippen LogP contribution in [0.3, 0.4) is 0 Å². The number of carbonyl (C=O) groups excluding carboxylic acids is 4. The summed E-state index contributed by atoms with van der Waals surface area (Å²) in [5.74, 6) is -1.39. The van der Waals surface area contributed by atoms with Crippen molar-refractivity contribution in [2.24, 2.45) is 0 Å². The summed E-state index contributed by atoms with van der Waals surface area (Å²) in [6.45, 7) is -0.428. The summed E-state index contributed by atoms with van der Waals surface area (Å²) >= 11 is 4.04. The summed E-state index contributed by atoms with van der Waals surface area (Å²) < 4.78 is 10.6. The van der Waals surface area contributed by atoms with E-state index < -0.39 is 29.6 Å². The van der Waals surface area contributed by atoms with Crippen LogP contribution < -0.4 is 4.74 Å². The second kappa shape index (κ2) is 9.06. The van der Waals surface area contributed by atoms with Crippen molar-refractivity contribution in [1.82, 2.24) is 4.90 Å². The number of carbonyl (C=O) groups is 4. The van der Waals surface area contributed by atoms with E-state index in [9.17, 15) is 19.2 Å². The third-order valence-corrected chi connectivity index (χ3v) is 5.24. The molecule has 148 valence electrons. The molecule has 0 aliphatic carbocycles. The lowest BCUT2D eigenvalue weighted by atomic mass is 10.2. The van der Waals surface area contributed by atoms with Crippen LogP contribution in [0.5, 0.6) is 5.75 Å². The molecule has 0 saturated carbocycles. The first kappa shape index (κ1) is 20.8. The molecular formula is C20H14BrNO6S. The van der Waals surface area contributed by atoms with Crippen molar-refractivity contribution in [3.8, 4) is 5.75 Å². The van der Waals surface area contributed by atoms with E-state index in [0.29, 0.717) is 16.9 Å². The van der Waals surface area contributed by atoms with Gasteiger partial charge in [0.05, 0.1) is 17.6 Å². The summed E-state index contributed by atoms with van der Waals surface area (Å²) in [6.07, 6.45) is 1.53. The number of thioether (sulfide) groups is 1. The average molecular weight is 476 g/mol. The summed E-state index contributed by atoms with van der Waals surface area (Å²) in [4.78, 5) is 48.8. The SMILES string of the molecule is COC(=O)CN1C(=O)S/C(=C\c2ccc(OC(=O)c3cccc(Br)c3)cc2)C1=O. The van der Waals surface area contributed by atoms with Crippen LogP contribution in [0.15, 0.2) is 57.9 Å². The Hall–Kier alpha value is -2.91. The van der Waals surface area contributed by atoms with Gasteiger partial charge < -0.3 is 9.47 Å². The third-order valence-electron chi connectivity index (χ3n) is 3.84. The molecule has 29 heavy (non-hydrogen) atoms. The molecule has 1 fully saturated rings. The van der Waals surface area contributed by atoms with Crippen molar-refractivity contribution in [2.75, 3.05) is 13.7 Å². The number of nitrogens with zero attached hydrogens (tertiary/aromatic N) is 1. The number of halogens is 1. The fourth-order valence-electron chi connectivity index (χ4n) is 2.39. The second-order valence-corrected chi connectivity index (χ2v) is 7.72. The fraction of sp³-hybridized carbons (Fsp3) is 0.100. The Kier molecular flexibility index (Phi) is 6.50. The maximum absolute atomic E-state index is 12.3. The van der Waals surface area contributed by atoms with Gasteiger partial charge in [0, 0.05) is 4.47 Å². The Labute approximate surface area is 178 Å². The molecule has 1 heterocycles. The number of imide groups is 1. The topological polar surface area (TPSA) is 90.0 Å². The van der Waals surface area contributed by atoms with Crippen molar-refractivity contribution in [2.45, 2.75) is 0 Å². The predicted molar refractivity (Wildman–Crippen MR) is 110 cm³/mol. The van der Waals surface area contributed by atoms with Gasteiger partial charge in [-0.3, -0.25) is 19.3 Å². The van der Waals surface area contributed by atoms with Gasteiger partial charge >= 0.3 is 11.9 Å². The van der Waals surface area contributed by atoms with Crippen molar-refractivity contribution in [3.05, 3.63) is 69.0 Å². The van der Waals surface area contributed by atoms with E-state index in [2.05, 4.69) is 20.7 Å². The van der Waals surface area contributed by atoms with Crippen LogP contribution >= 0.6 is 27.7 Å². The van der Waals surface area contributed by atoms with Gasteiger partial charge in [-0.1, -0.05) is 34.1 Å². The van der Waals surface area contributed by atoms with E-state index in [1.54, 1.807) is 48.5 Å². The Morgan fingerprint density at radius 1 is 1.14 bits per heavy atom. The van der Waals surface area contributed by atoms with Gasteiger partial charge in [0.25, 0.3) is 11.1 Å². The smallest absolute Gasteiger partial charge is 0.343 e. The lowest BCUT2D eigenvalue weighted by Gasteiger charge is -2.09. The number of esters is 2. The minimum absolute atomic E-state index is 0.192. The molecule has 0 bridgehead atoms. The quantitative estimate of drug-likeness (QED) is 0.368. The van der Waals surface area contributed by atoms with Gasteiger partial charge in [0.15, 0.2) is 0 Å². The monoisotopic (exact) mass is 475 g/mol. The molecule has 2 aromatic carbocycles. The predicted octanol–water partition coefficient (Wildman–Crippen LogP) is 3.88. The van der Waals surface area contributed by atoms with Crippen LogP contribution in [-0.4, -0.2) is 41.6 Å². The normalized spacial score (nSPS) is 15.0. The summed E-state index contributed by atoms with van der Waals surface area (Å²) in [7, 11) is 1.18. The number of rotatable bonds is 5. The van der Waals surface area contributed by atoms with Gasteiger partial charge in [-0.15, -0.1) is 0 Å². The number of benzene rings is 2. The third kappa shape index (κ3) is 5.12. The lowest BCUT2D eigenvalue weighted by Crippen LogP contribution is -2.34. The van der Waals surface area contributed by atoms with Gasteiger partial charge in [0.2, 0.25) is 0 Å². The van der Waals surface area contributed by atoms with Gasteiger partial charge in [-0.2, -0.15) is 0 Å². The zero-order valence-corrected chi connectivity index (χ0v) is 17.5. The van der Waals surface area contributed by atoms with Crippen LogP contribution in [0.1, 0.15) is 15.9 Å². The number of hydrogen-bond donors (Lipinski definition) is 0. The lowest BCUT2D eigenvalue weighted by molar-refractivity contribution is -0.143. The van der Waals surface area contributed by atoms with Crippen LogP contribution in [0, 0.1) is 0 Å². The first-order chi connectivity index (χ1) is 13.9. The van der Waals surface area contributed by atoms with Crippen molar-refractivity contribution in [1.29, 1.82) is 0 Å². The average Bonchev–Trinajstić information content (AvgIpc) is 2.96. The zero-order valence-electron chi connectivity index (χ0n) is 15.1. The first-order valence-electron chi connectivity index (χ1n) is 8.27. The maximum Gasteiger partial charge on any atom is 0.343 e. The number of hydrogen-bond acceptors (Lipinski definition) is 7. The summed E-state index contributed by atoms with van der Waals surface area (Å²) in [6, 6.07) is 13.3. The molecule has 0 atom stereocenters. The molecule has 1 saturated heterocycles. The molecule has 9 heteroatoms. The summed E-state index contributed by atoms with van der Waals surface area (Å²) in [5, 5.41) is -0.536. The number of methoxy groups -OCH3 is 1. The molecule has 0 N–H and O–H groups in total. The Bertz CT molecular complexity index is 1020. The zero-order chi connectivity index (χ0) is 21.0. The minimum Gasteiger partial charge on any atom is -0.468 e. The molecule has 2 amide bonds. The van der Waals surface area contributed by atoms with Crippen LogP contribution in [-0.2, 0) is 14.3 Å². The van der Waals surface area contributed by atoms with E-state index in [-0.39, 0.29) is 4.91 Å². The van der Waals surface area contributed by atoms with Crippen LogP contribution in [0.25, 0.3) is 6.08 Å². The standard InChI is InChI=1S/C20H14BrNO6S/c1-27-17(23)11-22-18(24)16(29-20(22)26)9-12-5-7-15(8-6-12)28-19(25)13-3-2-4-14(21)10-13/h2-10H,11H2,1H3/b16-9-. The van der Waals surface area contributed by atoms with E-state index in [4.69, 9.17) is 4.74 Å². The first-order valence-corrected chi connectivity index (χ1v) is 9.88. The Balaban J connectivity index is 1.69. The van der Waals surface area contributed by atoms with E-state index in [1.165, 1.54) is 13.2 Å². The van der Waals surface area contributed by atoms with Crippen LogP contribution in [0.4, 0.5) is 4.79 Å². The molecule has 0 spiro atoms. The maximum atomic E-state index is 12.3. The Morgan fingerprint density at radius 2 is 1.86 bits per heavy atom. The highest BCUT2D eigenvalue weighted by Crippen LogP contribution is 2.32. The molecule has 0 unspecified atom stereocenters. The van der Waals surface area contributed by atoms with Gasteiger partial charge in [-0.05, 0) is 53.7 Å². The molecule has 0 radical (unpaired) electrons. The molecule has 7 nitrogen and oxygen atoms in total. The van der Waals surface area contributed by atoms with E-state index in [0.717, 1.165) is 21.1 Å². The van der Waals surface area contributed by atoms with Gasteiger partial charge in [-0.25, -0.2) is 4.79 Å². The van der Waals surface area contributed by atoms with Crippen molar-refractivity contribution in [3.63, 3.8) is 0 Å². The highest BCUT2D eigenvalue weighted by atomic mass is 79.9. The van der Waals surface area contributed by atoms with E-state index >= 15 is 0 Å². The molecule has 0 aromatic heterocycles. The van der Waals surface area contributed by atoms with E-state index in [1.807, 2.05) is 0 Å². The second-order valence-electron chi connectivity index (χ2n) is 5.81. The largest absolute Gasteiger partial charge is 0.468 e. The highest BCUT2D eigenvalue weighted by molar-refractivity contribution is 9.10. The minimum atomic E-state index is -0.676. The summed E-state index contributed by atoms with van der Waals surface area (Å²) in [5.41, 5.74) is 1.04. The van der Waals surface area contributed by atoms with Crippen molar-refractivity contribution < 1.29 is 28.7 Å². The van der Waals surface area contributed by atoms with Gasteiger partial charge in [0.1, 0.15) is 12.3 Å². The van der Waals surface area contributed by atoms with Crippen molar-refractivity contribution >= 4 is 56.9 Å². The molecular weight excluding hydrogens is 462 g/mol. The molecule has 2 aromatic rings. The molecule has 1 aliphatic heterocycles. The Morgan fingerprint density at radius 3 is 2.52 bits per heavy atom. The molecule has 1 aliphatic rings.